The lowest BCUT2D eigenvalue weighted by atomic mass is 10.2. The van der Waals surface area contributed by atoms with Crippen molar-refractivity contribution in [1.82, 2.24) is 0 Å². The molecule has 0 atom stereocenters. The van der Waals surface area contributed by atoms with Crippen molar-refractivity contribution in [3.63, 3.8) is 0 Å². The summed E-state index contributed by atoms with van der Waals surface area (Å²) >= 11 is 0. The van der Waals surface area contributed by atoms with Gasteiger partial charge in [0.2, 0.25) is 0 Å². The molecule has 0 aromatic heterocycles. The second-order valence-electron chi connectivity index (χ2n) is 3.41. The molecule has 17 heavy (non-hydrogen) atoms. The molecule has 0 saturated carbocycles. The SMILES string of the molecule is Fc1cc(F)cc(Nc2cc(F)ccc2F)c1. The highest BCUT2D eigenvalue weighted by Gasteiger charge is 2.06. The monoisotopic (exact) mass is 241 g/mol. The standard InChI is InChI=1S/C12H7F4N/c13-7-1-2-11(16)12(6-7)17-10-4-8(14)3-9(15)5-10/h1-6,17H. The molecule has 2 aromatic rings. The van der Waals surface area contributed by atoms with Crippen molar-refractivity contribution in [1.29, 1.82) is 0 Å². The van der Waals surface area contributed by atoms with Crippen LogP contribution < -0.4 is 5.32 Å². The summed E-state index contributed by atoms with van der Waals surface area (Å²) in [7, 11) is 0. The van der Waals surface area contributed by atoms with E-state index in [0.717, 1.165) is 30.3 Å². The fourth-order valence-corrected chi connectivity index (χ4v) is 1.37. The van der Waals surface area contributed by atoms with Gasteiger partial charge in [-0.1, -0.05) is 0 Å². The summed E-state index contributed by atoms with van der Waals surface area (Å²) in [6, 6.07) is 5.42. The summed E-state index contributed by atoms with van der Waals surface area (Å²) < 4.78 is 51.8. The summed E-state index contributed by atoms with van der Waals surface area (Å²) in [5, 5.41) is 2.40. The van der Waals surface area contributed by atoms with Crippen LogP contribution in [0.5, 0.6) is 0 Å². The molecule has 0 heterocycles. The minimum absolute atomic E-state index is 0.00648. The molecule has 0 unspecified atom stereocenters. The number of halogens is 4. The Morgan fingerprint density at radius 1 is 0.706 bits per heavy atom. The third-order valence-corrected chi connectivity index (χ3v) is 2.07. The maximum Gasteiger partial charge on any atom is 0.146 e. The third kappa shape index (κ3) is 2.75. The topological polar surface area (TPSA) is 12.0 Å². The quantitative estimate of drug-likeness (QED) is 0.784. The summed E-state index contributed by atoms with van der Waals surface area (Å²) in [6.07, 6.45) is 0. The van der Waals surface area contributed by atoms with Crippen molar-refractivity contribution in [2.75, 3.05) is 5.32 Å². The van der Waals surface area contributed by atoms with Crippen LogP contribution in [0.25, 0.3) is 0 Å². The van der Waals surface area contributed by atoms with E-state index < -0.39 is 23.3 Å². The Bertz CT molecular complexity index is 534. The molecule has 0 bridgehead atoms. The van der Waals surface area contributed by atoms with Gasteiger partial charge < -0.3 is 5.32 Å². The predicted octanol–water partition coefficient (Wildman–Crippen LogP) is 3.99. The van der Waals surface area contributed by atoms with Crippen LogP contribution in [-0.2, 0) is 0 Å². The summed E-state index contributed by atoms with van der Waals surface area (Å²) in [5.74, 6) is -2.96. The lowest BCUT2D eigenvalue weighted by molar-refractivity contribution is 0.584. The van der Waals surface area contributed by atoms with Crippen molar-refractivity contribution in [2.45, 2.75) is 0 Å². The molecular formula is C12H7F4N. The minimum atomic E-state index is -0.802. The van der Waals surface area contributed by atoms with E-state index in [4.69, 9.17) is 0 Å². The van der Waals surface area contributed by atoms with E-state index in [1.807, 2.05) is 0 Å². The van der Waals surface area contributed by atoms with E-state index in [1.165, 1.54) is 0 Å². The molecule has 0 fully saturated rings. The first kappa shape index (κ1) is 11.4. The van der Waals surface area contributed by atoms with Crippen molar-refractivity contribution < 1.29 is 17.6 Å². The molecule has 0 saturated heterocycles. The Hall–Kier alpha value is -2.04. The van der Waals surface area contributed by atoms with Gasteiger partial charge in [0.1, 0.15) is 23.3 Å². The summed E-state index contributed by atoms with van der Waals surface area (Å²) in [5.41, 5.74) is -0.179. The van der Waals surface area contributed by atoms with Gasteiger partial charge >= 0.3 is 0 Å². The van der Waals surface area contributed by atoms with Gasteiger partial charge in [0, 0.05) is 17.8 Å². The van der Waals surface area contributed by atoms with Gasteiger partial charge in [-0.25, -0.2) is 17.6 Å². The van der Waals surface area contributed by atoms with Crippen molar-refractivity contribution in [3.8, 4) is 0 Å². The molecule has 0 spiro atoms. The van der Waals surface area contributed by atoms with E-state index in [2.05, 4.69) is 5.32 Å². The second-order valence-corrected chi connectivity index (χ2v) is 3.41. The largest absolute Gasteiger partial charge is 0.353 e. The van der Waals surface area contributed by atoms with Gasteiger partial charge in [-0.2, -0.15) is 0 Å². The van der Waals surface area contributed by atoms with Crippen molar-refractivity contribution in [2.24, 2.45) is 0 Å². The zero-order valence-corrected chi connectivity index (χ0v) is 8.48. The van der Waals surface area contributed by atoms with Gasteiger partial charge in [0.15, 0.2) is 0 Å². The second kappa shape index (κ2) is 4.45. The molecule has 0 amide bonds. The molecule has 0 aliphatic carbocycles. The van der Waals surface area contributed by atoms with E-state index in [-0.39, 0.29) is 11.4 Å². The van der Waals surface area contributed by atoms with Crippen LogP contribution in [0.15, 0.2) is 36.4 Å². The number of hydrogen-bond donors (Lipinski definition) is 1. The zero-order valence-electron chi connectivity index (χ0n) is 8.48. The smallest absolute Gasteiger partial charge is 0.146 e. The molecule has 2 rings (SSSR count). The Morgan fingerprint density at radius 2 is 1.35 bits per heavy atom. The number of benzene rings is 2. The first-order valence-electron chi connectivity index (χ1n) is 4.73. The average Bonchev–Trinajstić information content (AvgIpc) is 2.22. The molecule has 1 nitrogen and oxygen atoms in total. The Kier molecular flexibility index (Phi) is 2.99. The molecule has 5 heteroatoms. The van der Waals surface area contributed by atoms with E-state index in [1.54, 1.807) is 0 Å². The highest BCUT2D eigenvalue weighted by Crippen LogP contribution is 2.22. The van der Waals surface area contributed by atoms with Gasteiger partial charge in [-0.05, 0) is 24.3 Å². The molecular weight excluding hydrogens is 234 g/mol. The minimum Gasteiger partial charge on any atom is -0.353 e. The zero-order chi connectivity index (χ0) is 12.4. The highest BCUT2D eigenvalue weighted by molar-refractivity contribution is 5.60. The van der Waals surface area contributed by atoms with Crippen LogP contribution in [-0.4, -0.2) is 0 Å². The first-order valence-corrected chi connectivity index (χ1v) is 4.73. The summed E-state index contributed by atoms with van der Waals surface area (Å²) in [4.78, 5) is 0. The molecule has 2 aromatic carbocycles. The van der Waals surface area contributed by atoms with Crippen LogP contribution in [0, 0.1) is 23.3 Å². The van der Waals surface area contributed by atoms with Crippen LogP contribution in [0.3, 0.4) is 0 Å². The number of nitrogens with one attached hydrogen (secondary N) is 1. The highest BCUT2D eigenvalue weighted by atomic mass is 19.1. The molecule has 88 valence electrons. The molecule has 1 N–H and O–H groups in total. The van der Waals surface area contributed by atoms with E-state index in [9.17, 15) is 17.6 Å². The van der Waals surface area contributed by atoms with Gasteiger partial charge in [-0.15, -0.1) is 0 Å². The van der Waals surface area contributed by atoms with E-state index >= 15 is 0 Å². The lowest BCUT2D eigenvalue weighted by Gasteiger charge is -2.07. The molecule has 0 aliphatic rings. The Labute approximate surface area is 94.7 Å². The predicted molar refractivity (Wildman–Crippen MR) is 56.0 cm³/mol. The maximum absolute atomic E-state index is 13.2. The fraction of sp³-hybridized carbons (Fsp3) is 0. The van der Waals surface area contributed by atoms with Crippen LogP contribution in [0.4, 0.5) is 28.9 Å². The average molecular weight is 241 g/mol. The van der Waals surface area contributed by atoms with Gasteiger partial charge in [0.25, 0.3) is 0 Å². The lowest BCUT2D eigenvalue weighted by Crippen LogP contribution is -1.96. The Balaban J connectivity index is 2.34. The first-order chi connectivity index (χ1) is 8.04. The van der Waals surface area contributed by atoms with E-state index in [0.29, 0.717) is 6.07 Å². The Morgan fingerprint density at radius 3 is 2.00 bits per heavy atom. The maximum atomic E-state index is 13.2. The third-order valence-electron chi connectivity index (χ3n) is 2.07. The van der Waals surface area contributed by atoms with Crippen LogP contribution >= 0.6 is 0 Å². The normalized spacial score (nSPS) is 10.4. The van der Waals surface area contributed by atoms with Crippen molar-refractivity contribution >= 4 is 11.4 Å². The van der Waals surface area contributed by atoms with Crippen molar-refractivity contribution in [3.05, 3.63) is 59.7 Å². The summed E-state index contributed by atoms with van der Waals surface area (Å²) in [6.45, 7) is 0. The van der Waals surface area contributed by atoms with Gasteiger partial charge in [0.05, 0.1) is 5.69 Å². The van der Waals surface area contributed by atoms with Crippen LogP contribution in [0.2, 0.25) is 0 Å². The number of rotatable bonds is 2. The van der Waals surface area contributed by atoms with Gasteiger partial charge in [-0.3, -0.25) is 0 Å². The molecule has 0 aliphatic heterocycles. The fourth-order valence-electron chi connectivity index (χ4n) is 1.37. The molecule has 0 radical (unpaired) electrons. The number of hydrogen-bond acceptors (Lipinski definition) is 1. The van der Waals surface area contributed by atoms with Crippen LogP contribution in [0.1, 0.15) is 0 Å². The number of anilines is 2.